The summed E-state index contributed by atoms with van der Waals surface area (Å²) in [5, 5.41) is 5.04. The molecule has 0 aromatic heterocycles. The molecule has 19 heavy (non-hydrogen) atoms. The minimum Gasteiger partial charge on any atom is -0.399 e. The summed E-state index contributed by atoms with van der Waals surface area (Å²) in [6, 6.07) is 6.32. The van der Waals surface area contributed by atoms with Crippen molar-refractivity contribution in [2.24, 2.45) is 0 Å². The molecule has 0 spiro atoms. The number of imide groups is 1. The minimum absolute atomic E-state index is 0.00429. The highest BCUT2D eigenvalue weighted by Crippen LogP contribution is 2.12. The highest BCUT2D eigenvalue weighted by Gasteiger charge is 2.28. The highest BCUT2D eigenvalue weighted by molar-refractivity contribution is 6.02. The molecule has 0 unspecified atom stereocenters. The molecule has 1 heterocycles. The van der Waals surface area contributed by atoms with Gasteiger partial charge in [-0.25, -0.2) is 4.79 Å². The fourth-order valence-corrected chi connectivity index (χ4v) is 1.73. The maximum Gasteiger partial charge on any atom is 0.324 e. The SMILES string of the molecule is Nc1cccc(NC(=O)CCN2C(=O)CNC2=O)c1. The molecule has 4 N–H and O–H groups in total. The second kappa shape index (κ2) is 5.38. The predicted molar refractivity (Wildman–Crippen MR) is 69.2 cm³/mol. The molecule has 0 saturated carbocycles. The first-order chi connectivity index (χ1) is 9.06. The number of nitrogen functional groups attached to an aromatic ring is 1. The van der Waals surface area contributed by atoms with E-state index in [1.54, 1.807) is 24.3 Å². The Morgan fingerprint density at radius 2 is 2.21 bits per heavy atom. The number of amides is 4. The van der Waals surface area contributed by atoms with Crippen molar-refractivity contribution < 1.29 is 14.4 Å². The van der Waals surface area contributed by atoms with E-state index in [1.165, 1.54) is 0 Å². The lowest BCUT2D eigenvalue weighted by Crippen LogP contribution is -2.33. The van der Waals surface area contributed by atoms with Gasteiger partial charge in [-0.1, -0.05) is 6.07 Å². The predicted octanol–water partition coefficient (Wildman–Crippen LogP) is 0.149. The summed E-state index contributed by atoms with van der Waals surface area (Å²) in [5.41, 5.74) is 6.72. The van der Waals surface area contributed by atoms with E-state index in [4.69, 9.17) is 5.73 Å². The second-order valence-electron chi connectivity index (χ2n) is 4.13. The number of carbonyl (C=O) groups excluding carboxylic acids is 3. The Bertz CT molecular complexity index is 513. The van der Waals surface area contributed by atoms with E-state index in [9.17, 15) is 14.4 Å². The zero-order valence-electron chi connectivity index (χ0n) is 10.2. The number of benzene rings is 1. The van der Waals surface area contributed by atoms with Crippen molar-refractivity contribution in [3.05, 3.63) is 24.3 Å². The van der Waals surface area contributed by atoms with Crippen molar-refractivity contribution in [1.29, 1.82) is 0 Å². The van der Waals surface area contributed by atoms with Crippen LogP contribution in [0.15, 0.2) is 24.3 Å². The van der Waals surface area contributed by atoms with Crippen LogP contribution in [0, 0.1) is 0 Å². The first-order valence-corrected chi connectivity index (χ1v) is 5.80. The van der Waals surface area contributed by atoms with E-state index >= 15 is 0 Å². The Labute approximate surface area is 109 Å². The van der Waals surface area contributed by atoms with Gasteiger partial charge < -0.3 is 16.4 Å². The van der Waals surface area contributed by atoms with Gasteiger partial charge in [0.25, 0.3) is 0 Å². The average molecular weight is 262 g/mol. The standard InChI is InChI=1S/C12H14N4O3/c13-8-2-1-3-9(6-8)15-10(17)4-5-16-11(18)7-14-12(16)19/h1-3,6H,4-5,7,13H2,(H,14,19)(H,15,17). The molecular formula is C12H14N4O3. The van der Waals surface area contributed by atoms with Crippen LogP contribution >= 0.6 is 0 Å². The molecule has 0 atom stereocenters. The van der Waals surface area contributed by atoms with Crippen molar-refractivity contribution >= 4 is 29.2 Å². The van der Waals surface area contributed by atoms with E-state index in [1.807, 2.05) is 0 Å². The van der Waals surface area contributed by atoms with Crippen molar-refractivity contribution in [1.82, 2.24) is 10.2 Å². The molecule has 1 fully saturated rings. The third kappa shape index (κ3) is 3.21. The summed E-state index contributed by atoms with van der Waals surface area (Å²) in [5.74, 6) is -0.597. The van der Waals surface area contributed by atoms with Crippen LogP contribution < -0.4 is 16.4 Å². The molecule has 0 bridgehead atoms. The summed E-state index contributed by atoms with van der Waals surface area (Å²) < 4.78 is 0. The van der Waals surface area contributed by atoms with Gasteiger partial charge in [0, 0.05) is 24.3 Å². The van der Waals surface area contributed by atoms with Crippen LogP contribution in [0.2, 0.25) is 0 Å². The Balaban J connectivity index is 1.85. The smallest absolute Gasteiger partial charge is 0.324 e. The quantitative estimate of drug-likeness (QED) is 0.530. The van der Waals surface area contributed by atoms with Crippen molar-refractivity contribution in [3.8, 4) is 0 Å². The summed E-state index contributed by atoms with van der Waals surface area (Å²) in [6.45, 7) is 0.0640. The maximum absolute atomic E-state index is 11.7. The third-order valence-corrected chi connectivity index (χ3v) is 2.67. The molecule has 1 aromatic rings. The van der Waals surface area contributed by atoms with Crippen molar-refractivity contribution in [2.75, 3.05) is 24.1 Å². The zero-order valence-corrected chi connectivity index (χ0v) is 10.2. The lowest BCUT2D eigenvalue weighted by atomic mass is 10.2. The van der Waals surface area contributed by atoms with E-state index in [0.717, 1.165) is 4.90 Å². The van der Waals surface area contributed by atoms with Crippen LogP contribution in [0.1, 0.15) is 6.42 Å². The van der Waals surface area contributed by atoms with E-state index < -0.39 is 6.03 Å². The second-order valence-corrected chi connectivity index (χ2v) is 4.13. The van der Waals surface area contributed by atoms with Crippen LogP contribution in [0.5, 0.6) is 0 Å². The van der Waals surface area contributed by atoms with Crippen LogP contribution in [0.3, 0.4) is 0 Å². The van der Waals surface area contributed by atoms with E-state index in [0.29, 0.717) is 11.4 Å². The van der Waals surface area contributed by atoms with Gasteiger partial charge in [0.15, 0.2) is 0 Å². The number of nitrogens with one attached hydrogen (secondary N) is 2. The summed E-state index contributed by atoms with van der Waals surface area (Å²) in [7, 11) is 0. The van der Waals surface area contributed by atoms with Crippen LogP contribution in [0.4, 0.5) is 16.2 Å². The molecule has 1 aliphatic heterocycles. The normalized spacial score (nSPS) is 14.4. The monoisotopic (exact) mass is 262 g/mol. The fourth-order valence-electron chi connectivity index (χ4n) is 1.73. The molecule has 1 saturated heterocycles. The number of urea groups is 1. The van der Waals surface area contributed by atoms with E-state index in [-0.39, 0.29) is 31.3 Å². The lowest BCUT2D eigenvalue weighted by molar-refractivity contribution is -0.125. The van der Waals surface area contributed by atoms with Gasteiger partial charge in [-0.05, 0) is 18.2 Å². The third-order valence-electron chi connectivity index (χ3n) is 2.67. The molecule has 1 aromatic carbocycles. The zero-order chi connectivity index (χ0) is 13.8. The number of nitrogens with zero attached hydrogens (tertiary/aromatic N) is 1. The highest BCUT2D eigenvalue weighted by atomic mass is 16.2. The van der Waals surface area contributed by atoms with Gasteiger partial charge in [0.05, 0.1) is 6.54 Å². The first kappa shape index (κ1) is 12.9. The topological polar surface area (TPSA) is 105 Å². The van der Waals surface area contributed by atoms with Gasteiger partial charge in [-0.15, -0.1) is 0 Å². The van der Waals surface area contributed by atoms with Gasteiger partial charge in [0.1, 0.15) is 0 Å². The molecular weight excluding hydrogens is 248 g/mol. The summed E-state index contributed by atoms with van der Waals surface area (Å²) in [4.78, 5) is 35.2. The molecule has 0 radical (unpaired) electrons. The average Bonchev–Trinajstić information content (AvgIpc) is 2.67. The van der Waals surface area contributed by atoms with E-state index in [2.05, 4.69) is 10.6 Å². The summed E-state index contributed by atoms with van der Waals surface area (Å²) >= 11 is 0. The number of anilines is 2. The molecule has 2 rings (SSSR count). The molecule has 1 aliphatic rings. The lowest BCUT2D eigenvalue weighted by Gasteiger charge is -2.12. The van der Waals surface area contributed by atoms with Crippen molar-refractivity contribution in [3.63, 3.8) is 0 Å². The Morgan fingerprint density at radius 3 is 2.84 bits per heavy atom. The Hall–Kier alpha value is -2.57. The molecule has 100 valence electrons. The van der Waals surface area contributed by atoms with Crippen LogP contribution in [-0.4, -0.2) is 35.8 Å². The molecule has 0 aliphatic carbocycles. The fraction of sp³-hybridized carbons (Fsp3) is 0.250. The first-order valence-electron chi connectivity index (χ1n) is 5.80. The molecule has 7 nitrogen and oxygen atoms in total. The van der Waals surface area contributed by atoms with Crippen molar-refractivity contribution in [2.45, 2.75) is 6.42 Å². The number of hydrogen-bond acceptors (Lipinski definition) is 4. The Morgan fingerprint density at radius 1 is 1.42 bits per heavy atom. The van der Waals surface area contributed by atoms with Gasteiger partial charge in [-0.3, -0.25) is 14.5 Å². The number of nitrogens with two attached hydrogens (primary N) is 1. The largest absolute Gasteiger partial charge is 0.399 e. The van der Waals surface area contributed by atoms with Gasteiger partial charge >= 0.3 is 6.03 Å². The maximum atomic E-state index is 11.7. The number of rotatable bonds is 4. The molecule has 4 amide bonds. The minimum atomic E-state index is -0.457. The van der Waals surface area contributed by atoms with Crippen LogP contribution in [-0.2, 0) is 9.59 Å². The van der Waals surface area contributed by atoms with Gasteiger partial charge in [-0.2, -0.15) is 0 Å². The Kier molecular flexibility index (Phi) is 3.65. The number of hydrogen-bond donors (Lipinski definition) is 3. The molecule has 7 heteroatoms. The van der Waals surface area contributed by atoms with Gasteiger partial charge in [0.2, 0.25) is 11.8 Å². The summed E-state index contributed by atoms with van der Waals surface area (Å²) in [6.07, 6.45) is 0.0496. The number of carbonyl (C=O) groups is 3. The van der Waals surface area contributed by atoms with Crippen LogP contribution in [0.25, 0.3) is 0 Å².